The molecule has 2 heterocycles. The third-order valence-electron chi connectivity index (χ3n) is 5.10. The first kappa shape index (κ1) is 19.5. The van der Waals surface area contributed by atoms with E-state index in [9.17, 15) is 22.8 Å². The number of aryl methyl sites for hydroxylation is 1. The van der Waals surface area contributed by atoms with Gasteiger partial charge in [0.25, 0.3) is 0 Å². The van der Waals surface area contributed by atoms with E-state index in [4.69, 9.17) is 0 Å². The van der Waals surface area contributed by atoms with Crippen LogP contribution in [0, 0.1) is 12.8 Å². The first-order valence-electron chi connectivity index (χ1n) is 9.11. The number of rotatable bonds is 3. The van der Waals surface area contributed by atoms with Crippen molar-refractivity contribution in [3.63, 3.8) is 0 Å². The molecule has 27 heavy (non-hydrogen) atoms. The Morgan fingerprint density at radius 2 is 1.96 bits per heavy atom. The molecule has 3 rings (SSSR count). The highest BCUT2D eigenvalue weighted by Gasteiger charge is 2.37. The largest absolute Gasteiger partial charge is 0.431 e. The maximum absolute atomic E-state index is 13.7. The molecule has 0 unspecified atom stereocenters. The number of carbonyl (C=O) groups is 1. The second-order valence-corrected chi connectivity index (χ2v) is 7.51. The molecule has 0 N–H and O–H groups in total. The molecule has 4 nitrogen and oxygen atoms in total. The van der Waals surface area contributed by atoms with Gasteiger partial charge in [-0.3, -0.25) is 9.59 Å². The van der Waals surface area contributed by atoms with Crippen molar-refractivity contribution in [1.82, 2.24) is 9.47 Å². The summed E-state index contributed by atoms with van der Waals surface area (Å²) in [6, 6.07) is 5.23. The van der Waals surface area contributed by atoms with Gasteiger partial charge < -0.3 is 9.47 Å². The molecule has 1 saturated heterocycles. The van der Waals surface area contributed by atoms with Crippen LogP contribution in [0.4, 0.5) is 13.2 Å². The maximum Gasteiger partial charge on any atom is 0.431 e. The molecule has 146 valence electrons. The number of benzene rings is 1. The van der Waals surface area contributed by atoms with Gasteiger partial charge in [0.2, 0.25) is 5.91 Å². The van der Waals surface area contributed by atoms with Crippen LogP contribution in [0.2, 0.25) is 0 Å². The molecule has 2 aromatic rings. The molecule has 1 aliphatic rings. The van der Waals surface area contributed by atoms with Gasteiger partial charge in [0.1, 0.15) is 5.69 Å². The summed E-state index contributed by atoms with van der Waals surface area (Å²) in [4.78, 5) is 26.4. The average molecular weight is 380 g/mol. The summed E-state index contributed by atoms with van der Waals surface area (Å²) in [7, 11) is 0. The van der Waals surface area contributed by atoms with Crippen LogP contribution in [0.5, 0.6) is 0 Å². The zero-order valence-corrected chi connectivity index (χ0v) is 15.6. The highest BCUT2D eigenvalue weighted by Crippen LogP contribution is 2.32. The van der Waals surface area contributed by atoms with E-state index in [0.717, 1.165) is 16.6 Å². The topological polar surface area (TPSA) is 42.3 Å². The predicted octanol–water partition coefficient (Wildman–Crippen LogP) is 3.98. The number of pyridine rings is 1. The van der Waals surface area contributed by atoms with Crippen LogP contribution in [0.25, 0.3) is 10.9 Å². The van der Waals surface area contributed by atoms with Gasteiger partial charge >= 0.3 is 6.18 Å². The number of aromatic nitrogens is 1. The van der Waals surface area contributed by atoms with Gasteiger partial charge in [-0.15, -0.1) is 0 Å². The number of likely N-dealkylation sites (tertiary alicyclic amines) is 1. The monoisotopic (exact) mass is 380 g/mol. The lowest BCUT2D eigenvalue weighted by molar-refractivity contribution is -0.144. The lowest BCUT2D eigenvalue weighted by Gasteiger charge is -2.29. The number of fused-ring (bicyclic) bond motifs is 1. The molecule has 7 heteroatoms. The number of carbonyl (C=O) groups excluding carboxylic acids is 1. The summed E-state index contributed by atoms with van der Waals surface area (Å²) >= 11 is 0. The van der Waals surface area contributed by atoms with Crippen LogP contribution < -0.4 is 5.43 Å². The van der Waals surface area contributed by atoms with Crippen LogP contribution in [-0.4, -0.2) is 28.0 Å². The summed E-state index contributed by atoms with van der Waals surface area (Å²) in [5.74, 6) is -0.256. The van der Waals surface area contributed by atoms with Crippen LogP contribution in [0.15, 0.2) is 29.1 Å². The molecule has 0 spiro atoms. The van der Waals surface area contributed by atoms with Crippen molar-refractivity contribution in [3.05, 3.63) is 45.7 Å². The molecular formula is C20H23F3N2O2. The molecule has 0 saturated carbocycles. The smallest absolute Gasteiger partial charge is 0.338 e. The van der Waals surface area contributed by atoms with E-state index in [1.807, 2.05) is 0 Å². The molecule has 1 amide bonds. The fourth-order valence-corrected chi connectivity index (χ4v) is 3.78. The van der Waals surface area contributed by atoms with Crippen molar-refractivity contribution in [1.29, 1.82) is 0 Å². The van der Waals surface area contributed by atoms with Crippen LogP contribution in [0.1, 0.15) is 37.9 Å². The summed E-state index contributed by atoms with van der Waals surface area (Å²) in [6.07, 6.45) is -3.24. The second kappa shape index (κ2) is 7.02. The number of nitrogens with zero attached hydrogens (tertiary/aromatic N) is 2. The van der Waals surface area contributed by atoms with Crippen molar-refractivity contribution < 1.29 is 18.0 Å². The molecule has 1 aliphatic heterocycles. The van der Waals surface area contributed by atoms with Gasteiger partial charge in [-0.2, -0.15) is 13.2 Å². The van der Waals surface area contributed by atoms with E-state index < -0.39 is 17.3 Å². The van der Waals surface area contributed by atoms with Crippen LogP contribution in [0.3, 0.4) is 0 Å². The SMILES string of the molecule is Cc1ccc2c(c1)c(=O)cc(C(F)(F)F)n2C[C@H]1CCCN1C(=O)C(C)C. The van der Waals surface area contributed by atoms with Gasteiger partial charge in [-0.25, -0.2) is 0 Å². The van der Waals surface area contributed by atoms with E-state index in [1.54, 1.807) is 43.9 Å². The number of hydrogen-bond acceptors (Lipinski definition) is 2. The first-order valence-corrected chi connectivity index (χ1v) is 9.11. The van der Waals surface area contributed by atoms with E-state index in [2.05, 4.69) is 0 Å². The average Bonchev–Trinajstić information content (AvgIpc) is 3.03. The molecule has 0 bridgehead atoms. The quantitative estimate of drug-likeness (QED) is 0.808. The maximum atomic E-state index is 13.7. The lowest BCUT2D eigenvalue weighted by Crippen LogP contribution is -2.41. The second-order valence-electron chi connectivity index (χ2n) is 7.51. The Hall–Kier alpha value is -2.31. The van der Waals surface area contributed by atoms with Crippen molar-refractivity contribution in [2.45, 2.75) is 52.4 Å². The van der Waals surface area contributed by atoms with Gasteiger partial charge in [0.15, 0.2) is 5.43 Å². The van der Waals surface area contributed by atoms with Crippen molar-refractivity contribution in [3.8, 4) is 0 Å². The van der Waals surface area contributed by atoms with Crippen molar-refractivity contribution in [2.24, 2.45) is 5.92 Å². The normalized spacial score (nSPS) is 17.9. The molecule has 1 fully saturated rings. The Labute approximate surface area is 155 Å². The molecule has 1 aromatic carbocycles. The minimum absolute atomic E-state index is 0.0210. The van der Waals surface area contributed by atoms with Gasteiger partial charge in [-0.1, -0.05) is 25.5 Å². The van der Waals surface area contributed by atoms with E-state index >= 15 is 0 Å². The summed E-state index contributed by atoms with van der Waals surface area (Å²) in [5.41, 5.74) is -0.542. The lowest BCUT2D eigenvalue weighted by atomic mass is 10.1. The van der Waals surface area contributed by atoms with Crippen molar-refractivity contribution >= 4 is 16.8 Å². The molecule has 0 aliphatic carbocycles. The third-order valence-corrected chi connectivity index (χ3v) is 5.10. The van der Waals surface area contributed by atoms with E-state index in [-0.39, 0.29) is 35.3 Å². The highest BCUT2D eigenvalue weighted by molar-refractivity contribution is 5.81. The fourth-order valence-electron chi connectivity index (χ4n) is 3.78. The van der Waals surface area contributed by atoms with Crippen LogP contribution >= 0.6 is 0 Å². The van der Waals surface area contributed by atoms with E-state index in [1.165, 1.54) is 0 Å². The first-order chi connectivity index (χ1) is 12.6. The van der Waals surface area contributed by atoms with Crippen molar-refractivity contribution in [2.75, 3.05) is 6.54 Å². The van der Waals surface area contributed by atoms with E-state index in [0.29, 0.717) is 19.0 Å². The van der Waals surface area contributed by atoms with Crippen LogP contribution in [-0.2, 0) is 17.5 Å². The zero-order valence-electron chi connectivity index (χ0n) is 15.6. The zero-order chi connectivity index (χ0) is 19.9. The van der Waals surface area contributed by atoms with Gasteiger partial charge in [-0.05, 0) is 31.9 Å². The molecule has 0 radical (unpaired) electrons. The predicted molar refractivity (Wildman–Crippen MR) is 97.5 cm³/mol. The molecular weight excluding hydrogens is 357 g/mol. The number of amides is 1. The Bertz CT molecular complexity index is 931. The Balaban J connectivity index is 2.13. The number of alkyl halides is 3. The minimum atomic E-state index is -4.65. The standard InChI is InChI=1S/C20H23F3N2O2/c1-12(2)19(27)24-8-4-5-14(24)11-25-16-7-6-13(3)9-15(16)17(26)10-18(25)20(21,22)23/h6-7,9-10,12,14H,4-5,8,11H2,1-3H3/t14-/m1/s1. The Kier molecular flexibility index (Phi) is 5.06. The number of halogens is 3. The van der Waals surface area contributed by atoms with Gasteiger partial charge in [0.05, 0.1) is 5.52 Å². The molecule has 1 atom stereocenters. The highest BCUT2D eigenvalue weighted by atomic mass is 19.4. The summed E-state index contributed by atoms with van der Waals surface area (Å²) in [6.45, 7) is 5.95. The summed E-state index contributed by atoms with van der Waals surface area (Å²) < 4.78 is 42.1. The Morgan fingerprint density at radius 1 is 1.26 bits per heavy atom. The van der Waals surface area contributed by atoms with Gasteiger partial charge in [0, 0.05) is 36.5 Å². The summed E-state index contributed by atoms with van der Waals surface area (Å²) in [5, 5.41) is 0.266. The fraction of sp³-hybridized carbons (Fsp3) is 0.500. The minimum Gasteiger partial charge on any atom is -0.338 e. The molecule has 1 aromatic heterocycles. The Morgan fingerprint density at radius 3 is 2.59 bits per heavy atom. The third kappa shape index (κ3) is 3.73. The number of hydrogen-bond donors (Lipinski definition) is 0.